The minimum atomic E-state index is -2.02. The number of fused-ring (bicyclic) bond motifs is 6. The lowest BCUT2D eigenvalue weighted by Crippen LogP contribution is -2.50. The van der Waals surface area contributed by atoms with Gasteiger partial charge in [0, 0.05) is 23.8 Å². The number of aliphatic hydroxyl groups is 1. The largest absolute Gasteiger partial charge is 0.417 e. The number of imide groups is 1. The molecule has 2 aromatic carbocycles. The number of aliphatic hydroxyl groups excluding tert-OH is 1. The first kappa shape index (κ1) is 25.1. The van der Waals surface area contributed by atoms with Crippen LogP contribution >= 0.6 is 0 Å². The van der Waals surface area contributed by atoms with Crippen molar-refractivity contribution in [2.75, 3.05) is 11.5 Å². The van der Waals surface area contributed by atoms with E-state index in [-0.39, 0.29) is 16.9 Å². The van der Waals surface area contributed by atoms with Gasteiger partial charge >= 0.3 is 0 Å². The van der Waals surface area contributed by atoms with Gasteiger partial charge in [-0.05, 0) is 43.6 Å². The number of carbonyl (C=O) groups excluding carboxylic acids is 2. The number of rotatable bonds is 5. The van der Waals surface area contributed by atoms with Crippen LogP contribution in [0.5, 0.6) is 0 Å². The van der Waals surface area contributed by atoms with E-state index in [1.807, 2.05) is 24.3 Å². The lowest BCUT2D eigenvalue weighted by Gasteiger charge is -2.38. The Morgan fingerprint density at radius 2 is 1.78 bits per heavy atom. The Balaban J connectivity index is 1.52. The van der Waals surface area contributed by atoms with E-state index in [1.54, 1.807) is 19.1 Å². The summed E-state index contributed by atoms with van der Waals surface area (Å²) < 4.78 is 12.9. The fourth-order valence-corrected chi connectivity index (χ4v) is 7.18. The molecule has 0 aliphatic carbocycles. The molecule has 3 fully saturated rings. The molecule has 1 N–H and O–H groups in total. The molecular formula is C28H34N2O5Si. The fraction of sp³-hybridized carbons (Fsp3) is 0.536. The number of anilines is 1. The summed E-state index contributed by atoms with van der Waals surface area (Å²) in [5, 5.41) is 22.0. The van der Waals surface area contributed by atoms with Crippen LogP contribution in [-0.2, 0) is 18.8 Å². The van der Waals surface area contributed by atoms with Gasteiger partial charge in [-0.1, -0.05) is 45.0 Å². The maximum atomic E-state index is 14.0. The van der Waals surface area contributed by atoms with E-state index >= 15 is 0 Å². The quantitative estimate of drug-likeness (QED) is 0.473. The molecule has 2 aromatic rings. The van der Waals surface area contributed by atoms with Crippen molar-refractivity contribution in [1.82, 2.24) is 0 Å². The third-order valence-electron chi connectivity index (χ3n) is 9.17. The molecule has 36 heavy (non-hydrogen) atoms. The molecule has 2 bridgehead atoms. The Morgan fingerprint density at radius 1 is 1.14 bits per heavy atom. The van der Waals surface area contributed by atoms with Crippen LogP contribution in [0.15, 0.2) is 36.4 Å². The molecule has 3 aliphatic heterocycles. The summed E-state index contributed by atoms with van der Waals surface area (Å²) in [6.07, 6.45) is -0.109. The highest BCUT2D eigenvalue weighted by Crippen LogP contribution is 2.62. The molecule has 8 heteroatoms. The first-order valence-electron chi connectivity index (χ1n) is 12.6. The van der Waals surface area contributed by atoms with Crippen LogP contribution in [0, 0.1) is 23.2 Å². The lowest BCUT2D eigenvalue weighted by atomic mass is 9.66. The van der Waals surface area contributed by atoms with Crippen LogP contribution in [0.3, 0.4) is 0 Å². The van der Waals surface area contributed by atoms with Gasteiger partial charge in [-0.25, -0.2) is 4.90 Å². The van der Waals surface area contributed by atoms with Gasteiger partial charge < -0.3 is 14.3 Å². The molecule has 3 aliphatic rings. The SMILES string of the molecule is CC(C)(C)[Si](C)(C)OCCC12CC(O)[C@](C)(O1)[C@@H]1C(=O)N(c3ccc(C#N)c4ccccc34)C(=O)[C@@H]12. The second-order valence-electron chi connectivity index (χ2n) is 12.2. The zero-order valence-corrected chi connectivity index (χ0v) is 22.8. The van der Waals surface area contributed by atoms with Gasteiger partial charge in [-0.3, -0.25) is 9.59 Å². The first-order valence-corrected chi connectivity index (χ1v) is 15.5. The number of hydrogen-bond acceptors (Lipinski definition) is 6. The molecule has 2 amide bonds. The topological polar surface area (TPSA) is 99.9 Å². The molecule has 2 unspecified atom stereocenters. The van der Waals surface area contributed by atoms with Gasteiger partial charge in [-0.2, -0.15) is 5.26 Å². The first-order chi connectivity index (χ1) is 16.8. The van der Waals surface area contributed by atoms with Crippen LogP contribution in [0.25, 0.3) is 10.8 Å². The number of ether oxygens (including phenoxy) is 1. The Bertz CT molecular complexity index is 1310. The smallest absolute Gasteiger partial charge is 0.240 e. The molecule has 190 valence electrons. The van der Waals surface area contributed by atoms with Crippen molar-refractivity contribution >= 4 is 36.6 Å². The standard InChI is InChI=1S/C28H34N2O5Si/c1-26(2,3)36(5,6)34-14-13-28-15-21(31)27(4,35-28)22-23(28)25(33)30(24(22)32)20-12-11-17(16-29)18-9-7-8-10-19(18)20/h7-12,21-23,31H,13-15H2,1-6H3/t21?,22-,23+,27-,28?/m0/s1. The second kappa shape index (κ2) is 7.96. The summed E-state index contributed by atoms with van der Waals surface area (Å²) in [5.41, 5.74) is -1.13. The molecule has 5 atom stereocenters. The molecule has 5 rings (SSSR count). The molecule has 7 nitrogen and oxygen atoms in total. The predicted molar refractivity (Wildman–Crippen MR) is 139 cm³/mol. The van der Waals surface area contributed by atoms with Crippen LogP contribution in [-0.4, -0.2) is 49.2 Å². The van der Waals surface area contributed by atoms with Crippen molar-refractivity contribution in [1.29, 1.82) is 5.26 Å². The summed E-state index contributed by atoms with van der Waals surface area (Å²) in [7, 11) is -2.02. The maximum absolute atomic E-state index is 14.0. The number of carbonyl (C=O) groups is 2. The van der Waals surface area contributed by atoms with Gasteiger partial charge in [0.2, 0.25) is 11.8 Å². The van der Waals surface area contributed by atoms with E-state index in [2.05, 4.69) is 39.9 Å². The minimum Gasteiger partial charge on any atom is -0.417 e. The van der Waals surface area contributed by atoms with Gasteiger partial charge in [-0.15, -0.1) is 0 Å². The summed E-state index contributed by atoms with van der Waals surface area (Å²) in [6.45, 7) is 13.0. The Kier molecular flexibility index (Phi) is 5.55. The van der Waals surface area contributed by atoms with E-state index in [0.717, 1.165) is 0 Å². The minimum absolute atomic E-state index is 0.0417. The monoisotopic (exact) mass is 506 g/mol. The number of nitrogens with zero attached hydrogens (tertiary/aromatic N) is 2. The maximum Gasteiger partial charge on any atom is 0.240 e. The summed E-state index contributed by atoms with van der Waals surface area (Å²) in [4.78, 5) is 29.1. The van der Waals surface area contributed by atoms with Crippen LogP contribution in [0.4, 0.5) is 5.69 Å². The fourth-order valence-electron chi connectivity index (χ4n) is 6.13. The number of benzene rings is 2. The van der Waals surface area contributed by atoms with Gasteiger partial charge in [0.1, 0.15) is 5.60 Å². The average molecular weight is 507 g/mol. The highest BCUT2D eigenvalue weighted by molar-refractivity contribution is 6.74. The third-order valence-corrected chi connectivity index (χ3v) is 13.7. The van der Waals surface area contributed by atoms with E-state index < -0.39 is 37.5 Å². The Hall–Kier alpha value is -2.57. The van der Waals surface area contributed by atoms with Gasteiger partial charge in [0.25, 0.3) is 0 Å². The van der Waals surface area contributed by atoms with E-state index in [9.17, 15) is 20.0 Å². The molecule has 3 heterocycles. The third kappa shape index (κ3) is 3.33. The summed E-state index contributed by atoms with van der Waals surface area (Å²) in [6, 6.07) is 12.8. The molecular weight excluding hydrogens is 472 g/mol. The highest BCUT2D eigenvalue weighted by Gasteiger charge is 2.77. The van der Waals surface area contributed by atoms with Crippen molar-refractivity contribution in [2.45, 2.75) is 76.0 Å². The molecule has 0 saturated carbocycles. The molecule has 0 radical (unpaired) electrons. The highest BCUT2D eigenvalue weighted by atomic mass is 28.4. The summed E-state index contributed by atoms with van der Waals surface area (Å²) >= 11 is 0. The van der Waals surface area contributed by atoms with Crippen molar-refractivity contribution in [2.24, 2.45) is 11.8 Å². The van der Waals surface area contributed by atoms with Crippen LogP contribution < -0.4 is 4.90 Å². The number of nitriles is 1. The Labute approximate surface area is 213 Å². The van der Waals surface area contributed by atoms with Crippen molar-refractivity contribution in [3.05, 3.63) is 42.0 Å². The summed E-state index contributed by atoms with van der Waals surface area (Å²) in [5.74, 6) is -2.11. The lowest BCUT2D eigenvalue weighted by molar-refractivity contribution is -0.134. The van der Waals surface area contributed by atoms with E-state index in [4.69, 9.17) is 9.16 Å². The normalized spacial score (nSPS) is 31.8. The van der Waals surface area contributed by atoms with Crippen molar-refractivity contribution in [3.63, 3.8) is 0 Å². The number of hydrogen-bond donors (Lipinski definition) is 1. The predicted octanol–water partition coefficient (Wildman–Crippen LogP) is 4.52. The Morgan fingerprint density at radius 3 is 2.42 bits per heavy atom. The van der Waals surface area contributed by atoms with E-state index in [1.165, 1.54) is 4.90 Å². The van der Waals surface area contributed by atoms with E-state index in [0.29, 0.717) is 41.5 Å². The van der Waals surface area contributed by atoms with Crippen molar-refractivity contribution < 1.29 is 23.9 Å². The van der Waals surface area contributed by atoms with Gasteiger partial charge in [0.05, 0.1) is 40.9 Å². The number of amides is 2. The van der Waals surface area contributed by atoms with Crippen LogP contribution in [0.1, 0.15) is 46.1 Å². The van der Waals surface area contributed by atoms with Crippen LogP contribution in [0.2, 0.25) is 18.1 Å². The molecule has 3 saturated heterocycles. The molecule has 0 aromatic heterocycles. The zero-order valence-electron chi connectivity index (χ0n) is 21.8. The van der Waals surface area contributed by atoms with Crippen molar-refractivity contribution in [3.8, 4) is 6.07 Å². The molecule has 0 spiro atoms. The second-order valence-corrected chi connectivity index (χ2v) is 17.0. The zero-order chi connectivity index (χ0) is 26.3. The van der Waals surface area contributed by atoms with Gasteiger partial charge in [0.15, 0.2) is 8.32 Å². The average Bonchev–Trinajstić information content (AvgIpc) is 3.33.